The summed E-state index contributed by atoms with van der Waals surface area (Å²) in [6.07, 6.45) is 1.55. The van der Waals surface area contributed by atoms with Gasteiger partial charge in [-0.05, 0) is 12.0 Å². The molecule has 0 spiro atoms. The minimum Gasteiger partial charge on any atom is -0.361 e. The third-order valence-electron chi connectivity index (χ3n) is 4.18. The smallest absolute Gasteiger partial charge is 0.225 e. The van der Waals surface area contributed by atoms with Crippen molar-refractivity contribution in [2.24, 2.45) is 11.7 Å². The second kappa shape index (κ2) is 9.45. The minimum atomic E-state index is -0.324. The van der Waals surface area contributed by atoms with E-state index in [4.69, 9.17) is 10.3 Å². The molecule has 5 nitrogen and oxygen atoms in total. The Morgan fingerprint density at radius 2 is 1.92 bits per heavy atom. The first-order valence-electron chi connectivity index (χ1n) is 8.12. The molecule has 0 aliphatic rings. The number of rotatable bonds is 7. The van der Waals surface area contributed by atoms with E-state index in [-0.39, 0.29) is 30.3 Å². The molecule has 1 amide bonds. The van der Waals surface area contributed by atoms with E-state index in [2.05, 4.69) is 10.5 Å². The number of carbonyl (C=O) groups is 1. The number of aryl methyl sites for hydroxylation is 2. The van der Waals surface area contributed by atoms with Crippen LogP contribution in [0.15, 0.2) is 34.9 Å². The van der Waals surface area contributed by atoms with Gasteiger partial charge in [0.1, 0.15) is 5.76 Å². The number of nitrogens with zero attached hydrogens (tertiary/aromatic N) is 1. The van der Waals surface area contributed by atoms with Gasteiger partial charge in [-0.15, -0.1) is 12.4 Å². The van der Waals surface area contributed by atoms with Crippen LogP contribution in [0.2, 0.25) is 0 Å². The molecular formula is C18H26ClN3O2. The van der Waals surface area contributed by atoms with Gasteiger partial charge in [-0.2, -0.15) is 0 Å². The maximum absolute atomic E-state index is 12.4. The SMILES string of the molecule is CCc1noc(CC)c1CNC(=O)C(C)C(N)c1ccccc1.Cl. The van der Waals surface area contributed by atoms with Gasteiger partial charge in [-0.1, -0.05) is 56.3 Å². The van der Waals surface area contributed by atoms with E-state index >= 15 is 0 Å². The van der Waals surface area contributed by atoms with Crippen molar-refractivity contribution in [3.63, 3.8) is 0 Å². The van der Waals surface area contributed by atoms with E-state index in [1.165, 1.54) is 0 Å². The fourth-order valence-corrected chi connectivity index (χ4v) is 2.60. The van der Waals surface area contributed by atoms with Crippen LogP contribution in [0.3, 0.4) is 0 Å². The standard InChI is InChI=1S/C18H25N3O2.ClH/c1-4-15-14(16(5-2)23-21-15)11-20-18(22)12(3)17(19)13-9-7-6-8-10-13;/h6-10,12,17H,4-5,11,19H2,1-3H3,(H,20,22);1H. The van der Waals surface area contributed by atoms with E-state index in [9.17, 15) is 4.79 Å². The lowest BCUT2D eigenvalue weighted by molar-refractivity contribution is -0.125. The monoisotopic (exact) mass is 351 g/mol. The van der Waals surface area contributed by atoms with Crippen molar-refractivity contribution in [2.75, 3.05) is 0 Å². The van der Waals surface area contributed by atoms with E-state index < -0.39 is 0 Å². The Kier molecular flexibility index (Phi) is 7.95. The Balaban J connectivity index is 0.00000288. The predicted octanol–water partition coefficient (Wildman–Crippen LogP) is 3.17. The van der Waals surface area contributed by atoms with E-state index in [1.54, 1.807) is 0 Å². The molecule has 132 valence electrons. The topological polar surface area (TPSA) is 81.2 Å². The lowest BCUT2D eigenvalue weighted by Gasteiger charge is -2.20. The molecule has 2 atom stereocenters. The molecule has 3 N–H and O–H groups in total. The fraction of sp³-hybridized carbons (Fsp3) is 0.444. The fourth-order valence-electron chi connectivity index (χ4n) is 2.60. The van der Waals surface area contributed by atoms with Crippen LogP contribution >= 0.6 is 12.4 Å². The van der Waals surface area contributed by atoms with Crippen molar-refractivity contribution in [1.29, 1.82) is 0 Å². The number of nitrogens with one attached hydrogen (secondary N) is 1. The molecule has 24 heavy (non-hydrogen) atoms. The quantitative estimate of drug-likeness (QED) is 0.802. The molecule has 0 bridgehead atoms. The molecule has 1 aromatic carbocycles. The van der Waals surface area contributed by atoms with Crippen LogP contribution in [0, 0.1) is 5.92 Å². The van der Waals surface area contributed by atoms with Crippen LogP contribution in [0.25, 0.3) is 0 Å². The summed E-state index contributed by atoms with van der Waals surface area (Å²) in [6, 6.07) is 9.36. The molecule has 1 aromatic heterocycles. The van der Waals surface area contributed by atoms with Crippen LogP contribution in [0.1, 0.15) is 49.4 Å². The summed E-state index contributed by atoms with van der Waals surface area (Å²) < 4.78 is 5.32. The van der Waals surface area contributed by atoms with Gasteiger partial charge >= 0.3 is 0 Å². The Morgan fingerprint density at radius 1 is 1.25 bits per heavy atom. The molecule has 2 aromatic rings. The highest BCUT2D eigenvalue weighted by Crippen LogP contribution is 2.20. The summed E-state index contributed by atoms with van der Waals surface area (Å²) in [5.41, 5.74) is 9.06. The minimum absolute atomic E-state index is 0. The van der Waals surface area contributed by atoms with Gasteiger partial charge in [0, 0.05) is 24.6 Å². The van der Waals surface area contributed by atoms with Gasteiger partial charge in [-0.3, -0.25) is 4.79 Å². The highest BCUT2D eigenvalue weighted by molar-refractivity contribution is 5.85. The maximum atomic E-state index is 12.4. The molecular weight excluding hydrogens is 326 g/mol. The van der Waals surface area contributed by atoms with Crippen molar-refractivity contribution < 1.29 is 9.32 Å². The van der Waals surface area contributed by atoms with Gasteiger partial charge in [-0.25, -0.2) is 0 Å². The van der Waals surface area contributed by atoms with E-state index in [0.29, 0.717) is 6.54 Å². The normalized spacial score (nSPS) is 13.0. The Morgan fingerprint density at radius 3 is 2.50 bits per heavy atom. The molecule has 0 radical (unpaired) electrons. The van der Waals surface area contributed by atoms with Crippen LogP contribution < -0.4 is 11.1 Å². The van der Waals surface area contributed by atoms with E-state index in [0.717, 1.165) is 35.4 Å². The zero-order valence-corrected chi connectivity index (χ0v) is 15.2. The first kappa shape index (κ1) is 20.2. The van der Waals surface area contributed by atoms with Gasteiger partial charge < -0.3 is 15.6 Å². The summed E-state index contributed by atoms with van der Waals surface area (Å²) >= 11 is 0. The second-order valence-electron chi connectivity index (χ2n) is 5.68. The summed E-state index contributed by atoms with van der Waals surface area (Å²) in [6.45, 7) is 6.32. The van der Waals surface area contributed by atoms with Gasteiger partial charge in [0.05, 0.1) is 11.6 Å². The molecule has 0 aliphatic carbocycles. The highest BCUT2D eigenvalue weighted by Gasteiger charge is 2.23. The van der Waals surface area contributed by atoms with Crippen molar-refractivity contribution >= 4 is 18.3 Å². The molecule has 2 rings (SSSR count). The summed E-state index contributed by atoms with van der Waals surface area (Å²) in [4.78, 5) is 12.4. The number of aromatic nitrogens is 1. The number of amides is 1. The second-order valence-corrected chi connectivity index (χ2v) is 5.68. The highest BCUT2D eigenvalue weighted by atomic mass is 35.5. The molecule has 0 saturated heterocycles. The Labute approximate surface area is 149 Å². The lowest BCUT2D eigenvalue weighted by atomic mass is 9.94. The average Bonchev–Trinajstić information content (AvgIpc) is 3.01. The van der Waals surface area contributed by atoms with Gasteiger partial charge in [0.2, 0.25) is 5.91 Å². The van der Waals surface area contributed by atoms with Crippen molar-refractivity contribution in [1.82, 2.24) is 10.5 Å². The zero-order chi connectivity index (χ0) is 16.8. The van der Waals surface area contributed by atoms with Crippen LogP contribution in [-0.2, 0) is 24.2 Å². The maximum Gasteiger partial charge on any atom is 0.225 e. The number of halogens is 1. The van der Waals surface area contributed by atoms with Crippen LogP contribution in [0.4, 0.5) is 0 Å². The van der Waals surface area contributed by atoms with Gasteiger partial charge in [0.25, 0.3) is 0 Å². The average molecular weight is 352 g/mol. The van der Waals surface area contributed by atoms with Gasteiger partial charge in [0.15, 0.2) is 0 Å². The number of hydrogen-bond acceptors (Lipinski definition) is 4. The van der Waals surface area contributed by atoms with Crippen molar-refractivity contribution in [3.05, 3.63) is 52.9 Å². The Hall–Kier alpha value is -1.85. The third-order valence-corrected chi connectivity index (χ3v) is 4.18. The molecule has 1 heterocycles. The number of carbonyl (C=O) groups excluding carboxylic acids is 1. The molecule has 2 unspecified atom stereocenters. The van der Waals surface area contributed by atoms with Crippen LogP contribution in [-0.4, -0.2) is 11.1 Å². The molecule has 6 heteroatoms. The van der Waals surface area contributed by atoms with Crippen LogP contribution in [0.5, 0.6) is 0 Å². The number of hydrogen-bond donors (Lipinski definition) is 2. The van der Waals surface area contributed by atoms with Crippen molar-refractivity contribution in [3.8, 4) is 0 Å². The Bertz CT molecular complexity index is 621. The predicted molar refractivity (Wildman–Crippen MR) is 96.9 cm³/mol. The largest absolute Gasteiger partial charge is 0.361 e. The van der Waals surface area contributed by atoms with E-state index in [1.807, 2.05) is 51.1 Å². The summed E-state index contributed by atoms with van der Waals surface area (Å²) in [7, 11) is 0. The first-order chi connectivity index (χ1) is 11.1. The molecule has 0 fully saturated rings. The van der Waals surface area contributed by atoms with Crippen molar-refractivity contribution in [2.45, 2.75) is 46.2 Å². The lowest BCUT2D eigenvalue weighted by Crippen LogP contribution is -2.35. The third kappa shape index (κ3) is 4.58. The molecule has 0 saturated carbocycles. The summed E-state index contributed by atoms with van der Waals surface area (Å²) in [5, 5.41) is 7.03. The summed E-state index contributed by atoms with van der Waals surface area (Å²) in [5.74, 6) is 0.459. The first-order valence-corrected chi connectivity index (χ1v) is 8.12. The number of nitrogens with two attached hydrogens (primary N) is 1. The zero-order valence-electron chi connectivity index (χ0n) is 14.4. The molecule has 0 aliphatic heterocycles. The number of benzene rings is 1.